The van der Waals surface area contributed by atoms with E-state index in [2.05, 4.69) is 0 Å². The van der Waals surface area contributed by atoms with Crippen molar-refractivity contribution in [1.29, 1.82) is 0 Å². The Morgan fingerprint density at radius 2 is 2.13 bits per heavy atom. The molecule has 1 atom stereocenters. The van der Waals surface area contributed by atoms with Crippen LogP contribution in [0.3, 0.4) is 0 Å². The van der Waals surface area contributed by atoms with Gasteiger partial charge in [-0.2, -0.15) is 4.90 Å². The van der Waals surface area contributed by atoms with Crippen molar-refractivity contribution in [2.24, 2.45) is 0 Å². The van der Waals surface area contributed by atoms with Gasteiger partial charge < -0.3 is 14.3 Å². The molecule has 3 rings (SSSR count). The number of imide groups is 1. The number of ether oxygens (including phenoxy) is 1. The number of carbonyl (C=O) groups is 2. The van der Waals surface area contributed by atoms with Gasteiger partial charge in [-0.05, 0) is 19.1 Å². The molecule has 1 aromatic heterocycles. The third-order valence-corrected chi connectivity index (χ3v) is 3.57. The zero-order valence-electron chi connectivity index (χ0n) is 12.5. The van der Waals surface area contributed by atoms with Crippen LogP contribution in [-0.2, 0) is 11.3 Å². The summed E-state index contributed by atoms with van der Waals surface area (Å²) in [6, 6.07) is 7.98. The molecular weight excluding hydrogens is 300 g/mol. The number of aliphatic hydroxyl groups is 1. The van der Waals surface area contributed by atoms with Crippen LogP contribution in [0.5, 0.6) is 0 Å². The first-order valence-corrected chi connectivity index (χ1v) is 7.19. The van der Waals surface area contributed by atoms with E-state index in [1.807, 2.05) is 0 Å². The largest absolute Gasteiger partial charge is 0.472 e. The summed E-state index contributed by atoms with van der Waals surface area (Å²) in [5.74, 6) is 0. The Morgan fingerprint density at radius 3 is 2.83 bits per heavy atom. The lowest BCUT2D eigenvalue weighted by molar-refractivity contribution is 0.0197. The first-order chi connectivity index (χ1) is 11.1. The normalized spacial score (nSPS) is 17.1. The third-order valence-electron chi connectivity index (χ3n) is 3.57. The number of aliphatic hydroxyl groups excluding tert-OH is 1. The van der Waals surface area contributed by atoms with Gasteiger partial charge in [-0.25, -0.2) is 9.59 Å². The summed E-state index contributed by atoms with van der Waals surface area (Å²) in [5.41, 5.74) is 1.78. The van der Waals surface area contributed by atoms with Crippen molar-refractivity contribution >= 4 is 17.8 Å². The fraction of sp³-hybridized carbons (Fsp3) is 0.250. The van der Waals surface area contributed by atoms with Crippen LogP contribution in [0.15, 0.2) is 47.3 Å². The predicted octanol–water partition coefficient (Wildman–Crippen LogP) is 2.87. The second-order valence-electron chi connectivity index (χ2n) is 5.00. The van der Waals surface area contributed by atoms with E-state index in [-0.39, 0.29) is 13.2 Å². The zero-order valence-corrected chi connectivity index (χ0v) is 12.5. The lowest BCUT2D eigenvalue weighted by Gasteiger charge is -2.38. The van der Waals surface area contributed by atoms with Crippen LogP contribution < -0.4 is 4.90 Å². The van der Waals surface area contributed by atoms with Crippen LogP contribution in [0.1, 0.15) is 24.3 Å². The lowest BCUT2D eigenvalue weighted by Crippen LogP contribution is -2.51. The molecule has 1 aliphatic rings. The minimum Gasteiger partial charge on any atom is -0.472 e. The highest BCUT2D eigenvalue weighted by Crippen LogP contribution is 2.36. The molecule has 1 unspecified atom stereocenters. The Morgan fingerprint density at radius 1 is 1.35 bits per heavy atom. The van der Waals surface area contributed by atoms with Gasteiger partial charge in [-0.1, -0.05) is 18.2 Å². The fourth-order valence-corrected chi connectivity index (χ4v) is 2.52. The van der Waals surface area contributed by atoms with Gasteiger partial charge in [0.05, 0.1) is 31.4 Å². The standard InChI is InChI=1S/C16H16N2O5/c1-2-23-16(21)18-14(19)12-5-3-4-6-13(12)17(15(18)20)9-11-7-8-22-10-11/h3-8,10,14,19H,2,9H2,1H3. The van der Waals surface area contributed by atoms with E-state index in [4.69, 9.17) is 9.15 Å². The molecule has 1 aliphatic heterocycles. The topological polar surface area (TPSA) is 83.2 Å². The van der Waals surface area contributed by atoms with Gasteiger partial charge in [0, 0.05) is 11.1 Å². The number of furan rings is 1. The minimum atomic E-state index is -1.38. The highest BCUT2D eigenvalue weighted by molar-refractivity contribution is 6.03. The van der Waals surface area contributed by atoms with Gasteiger partial charge in [0.25, 0.3) is 0 Å². The van der Waals surface area contributed by atoms with Crippen molar-refractivity contribution in [3.8, 4) is 0 Å². The predicted molar refractivity (Wildman–Crippen MR) is 80.5 cm³/mol. The van der Waals surface area contributed by atoms with Gasteiger partial charge in [0.2, 0.25) is 0 Å². The molecule has 3 amide bonds. The third kappa shape index (κ3) is 2.66. The molecule has 0 saturated heterocycles. The first-order valence-electron chi connectivity index (χ1n) is 7.19. The number of fused-ring (bicyclic) bond motifs is 1. The van der Waals surface area contributed by atoms with Gasteiger partial charge in [-0.3, -0.25) is 4.90 Å². The van der Waals surface area contributed by atoms with E-state index in [0.717, 1.165) is 5.56 Å². The number of benzene rings is 1. The maximum Gasteiger partial charge on any atom is 0.420 e. The van der Waals surface area contributed by atoms with Crippen LogP contribution in [0.25, 0.3) is 0 Å². The smallest absolute Gasteiger partial charge is 0.420 e. The molecule has 120 valence electrons. The number of hydrogen-bond donors (Lipinski definition) is 1. The van der Waals surface area contributed by atoms with E-state index < -0.39 is 18.4 Å². The fourth-order valence-electron chi connectivity index (χ4n) is 2.52. The summed E-state index contributed by atoms with van der Waals surface area (Å²) < 4.78 is 9.90. The van der Waals surface area contributed by atoms with Crippen LogP contribution in [0, 0.1) is 0 Å². The molecule has 0 spiro atoms. The summed E-state index contributed by atoms with van der Waals surface area (Å²) in [5, 5.41) is 10.4. The number of nitrogens with zero attached hydrogens (tertiary/aromatic N) is 2. The van der Waals surface area contributed by atoms with Crippen LogP contribution in [0.4, 0.5) is 15.3 Å². The number of anilines is 1. The number of amides is 3. The van der Waals surface area contributed by atoms with Crippen molar-refractivity contribution < 1.29 is 23.8 Å². The molecule has 0 aliphatic carbocycles. The molecule has 7 nitrogen and oxygen atoms in total. The van der Waals surface area contributed by atoms with Crippen molar-refractivity contribution in [2.75, 3.05) is 11.5 Å². The van der Waals surface area contributed by atoms with Gasteiger partial charge in [-0.15, -0.1) is 0 Å². The van der Waals surface area contributed by atoms with Gasteiger partial charge >= 0.3 is 12.1 Å². The number of urea groups is 1. The summed E-state index contributed by atoms with van der Waals surface area (Å²) in [6.45, 7) is 1.96. The highest BCUT2D eigenvalue weighted by Gasteiger charge is 2.41. The monoisotopic (exact) mass is 316 g/mol. The van der Waals surface area contributed by atoms with Crippen LogP contribution in [-0.4, -0.2) is 28.7 Å². The number of hydrogen-bond acceptors (Lipinski definition) is 5. The van der Waals surface area contributed by atoms with Crippen LogP contribution in [0.2, 0.25) is 0 Å². The molecule has 0 radical (unpaired) electrons. The van der Waals surface area contributed by atoms with E-state index >= 15 is 0 Å². The quantitative estimate of drug-likeness (QED) is 0.941. The summed E-state index contributed by atoms with van der Waals surface area (Å²) in [4.78, 5) is 26.9. The van der Waals surface area contributed by atoms with Crippen molar-refractivity contribution in [1.82, 2.24) is 4.90 Å². The SMILES string of the molecule is CCOC(=O)N1C(=O)N(Cc2ccoc2)c2ccccc2C1O. The summed E-state index contributed by atoms with van der Waals surface area (Å²) >= 11 is 0. The van der Waals surface area contributed by atoms with Crippen molar-refractivity contribution in [2.45, 2.75) is 19.7 Å². The van der Waals surface area contributed by atoms with Gasteiger partial charge in [0.15, 0.2) is 6.23 Å². The van der Waals surface area contributed by atoms with Crippen molar-refractivity contribution in [3.05, 3.63) is 54.0 Å². The first kappa shape index (κ1) is 15.1. The van der Waals surface area contributed by atoms with Crippen molar-refractivity contribution in [3.63, 3.8) is 0 Å². The van der Waals surface area contributed by atoms with E-state index in [0.29, 0.717) is 16.2 Å². The Balaban J connectivity index is 2.01. The van der Waals surface area contributed by atoms with Crippen LogP contribution >= 0.6 is 0 Å². The molecule has 2 aromatic rings. The molecule has 0 bridgehead atoms. The molecule has 23 heavy (non-hydrogen) atoms. The molecule has 0 saturated carbocycles. The summed E-state index contributed by atoms with van der Waals surface area (Å²) in [7, 11) is 0. The summed E-state index contributed by atoms with van der Waals surface area (Å²) in [6.07, 6.45) is 0.776. The Labute approximate surface area is 132 Å². The maximum absolute atomic E-state index is 12.7. The average molecular weight is 316 g/mol. The number of carbonyl (C=O) groups excluding carboxylic acids is 2. The Kier molecular flexibility index (Phi) is 4.03. The molecule has 2 heterocycles. The second-order valence-corrected chi connectivity index (χ2v) is 5.00. The zero-order chi connectivity index (χ0) is 16.4. The maximum atomic E-state index is 12.7. The molecule has 1 N–H and O–H groups in total. The minimum absolute atomic E-state index is 0.110. The molecule has 0 fully saturated rings. The second kappa shape index (κ2) is 6.13. The van der Waals surface area contributed by atoms with E-state index in [1.165, 1.54) is 17.4 Å². The number of para-hydroxylation sites is 1. The average Bonchev–Trinajstić information content (AvgIpc) is 3.05. The van der Waals surface area contributed by atoms with Gasteiger partial charge in [0.1, 0.15) is 0 Å². The molecule has 7 heteroatoms. The number of rotatable bonds is 3. The lowest BCUT2D eigenvalue weighted by atomic mass is 10.1. The highest BCUT2D eigenvalue weighted by atomic mass is 16.6. The molecule has 1 aromatic carbocycles. The van der Waals surface area contributed by atoms with E-state index in [9.17, 15) is 14.7 Å². The Hall–Kier alpha value is -2.80. The van der Waals surface area contributed by atoms with E-state index in [1.54, 1.807) is 37.3 Å². The molecular formula is C16H16N2O5. The Bertz CT molecular complexity index is 713.